The minimum Gasteiger partial charge on any atom is -0.379 e. The topological polar surface area (TPSA) is 33.7 Å². The Balaban J connectivity index is 1.61. The molecule has 2 aliphatic heterocycles. The van der Waals surface area contributed by atoms with Crippen molar-refractivity contribution in [1.29, 1.82) is 0 Å². The van der Waals surface area contributed by atoms with Gasteiger partial charge in [-0.3, -0.25) is 4.90 Å². The zero-order valence-electron chi connectivity index (χ0n) is 9.63. The maximum absolute atomic E-state index is 5.56. The van der Waals surface area contributed by atoms with Crippen LogP contribution in [0.1, 0.15) is 12.8 Å². The average molecular weight is 214 g/mol. The summed E-state index contributed by atoms with van der Waals surface area (Å²) in [6.07, 6.45) is 2.41. The van der Waals surface area contributed by atoms with Crippen molar-refractivity contribution in [3.63, 3.8) is 0 Å². The van der Waals surface area contributed by atoms with Gasteiger partial charge in [0.2, 0.25) is 0 Å². The maximum atomic E-state index is 5.56. The molecule has 88 valence electrons. The standard InChI is InChI=1S/C11H22N2O2/c1-14-11(9-12-10-11)3-2-4-13-5-7-15-8-6-13/h12H,2-10H2,1H3. The second-order valence-electron chi connectivity index (χ2n) is 4.55. The fraction of sp³-hybridized carbons (Fsp3) is 1.00. The molecule has 0 radical (unpaired) electrons. The fourth-order valence-corrected chi connectivity index (χ4v) is 2.28. The van der Waals surface area contributed by atoms with Crippen molar-refractivity contribution < 1.29 is 9.47 Å². The van der Waals surface area contributed by atoms with Crippen molar-refractivity contribution >= 4 is 0 Å². The molecule has 2 saturated heterocycles. The molecule has 2 rings (SSSR count). The van der Waals surface area contributed by atoms with Crippen LogP contribution in [0.2, 0.25) is 0 Å². The Labute approximate surface area is 91.9 Å². The van der Waals surface area contributed by atoms with E-state index < -0.39 is 0 Å². The first kappa shape index (κ1) is 11.3. The van der Waals surface area contributed by atoms with E-state index in [1.807, 2.05) is 7.11 Å². The minimum absolute atomic E-state index is 0.145. The Morgan fingerprint density at radius 2 is 2.07 bits per heavy atom. The summed E-state index contributed by atoms with van der Waals surface area (Å²) in [5.74, 6) is 0. The highest BCUT2D eigenvalue weighted by Gasteiger charge is 2.36. The number of hydrogen-bond donors (Lipinski definition) is 1. The van der Waals surface area contributed by atoms with Gasteiger partial charge in [-0.15, -0.1) is 0 Å². The highest BCUT2D eigenvalue weighted by Crippen LogP contribution is 2.22. The summed E-state index contributed by atoms with van der Waals surface area (Å²) in [7, 11) is 1.83. The van der Waals surface area contributed by atoms with E-state index in [0.717, 1.165) is 39.4 Å². The van der Waals surface area contributed by atoms with Crippen molar-refractivity contribution in [1.82, 2.24) is 10.2 Å². The van der Waals surface area contributed by atoms with Gasteiger partial charge in [0.05, 0.1) is 18.8 Å². The summed E-state index contributed by atoms with van der Waals surface area (Å²) < 4.78 is 10.9. The smallest absolute Gasteiger partial charge is 0.0926 e. The van der Waals surface area contributed by atoms with E-state index in [4.69, 9.17) is 9.47 Å². The summed E-state index contributed by atoms with van der Waals surface area (Å²) in [5, 5.41) is 3.28. The SMILES string of the molecule is COC1(CCCN2CCOCC2)CNC1. The van der Waals surface area contributed by atoms with E-state index in [2.05, 4.69) is 10.2 Å². The molecule has 0 bridgehead atoms. The lowest BCUT2D eigenvalue weighted by atomic mass is 9.91. The monoisotopic (exact) mass is 214 g/mol. The second kappa shape index (κ2) is 5.25. The number of methoxy groups -OCH3 is 1. The molecule has 1 N–H and O–H groups in total. The van der Waals surface area contributed by atoms with E-state index in [9.17, 15) is 0 Å². The van der Waals surface area contributed by atoms with E-state index in [0.29, 0.717) is 0 Å². The molecule has 0 unspecified atom stereocenters. The Hall–Kier alpha value is -0.160. The van der Waals surface area contributed by atoms with Crippen LogP contribution < -0.4 is 5.32 Å². The highest BCUT2D eigenvalue weighted by molar-refractivity contribution is 4.94. The number of nitrogens with one attached hydrogen (secondary N) is 1. The number of hydrogen-bond acceptors (Lipinski definition) is 4. The van der Waals surface area contributed by atoms with Gasteiger partial charge < -0.3 is 14.8 Å². The fourth-order valence-electron chi connectivity index (χ4n) is 2.28. The Morgan fingerprint density at radius 3 is 2.60 bits per heavy atom. The highest BCUT2D eigenvalue weighted by atomic mass is 16.5. The molecule has 2 aliphatic rings. The van der Waals surface area contributed by atoms with Crippen molar-refractivity contribution in [2.75, 3.05) is 53.0 Å². The van der Waals surface area contributed by atoms with Gasteiger partial charge in [-0.2, -0.15) is 0 Å². The van der Waals surface area contributed by atoms with Gasteiger partial charge in [0.15, 0.2) is 0 Å². The van der Waals surface area contributed by atoms with Gasteiger partial charge >= 0.3 is 0 Å². The summed E-state index contributed by atoms with van der Waals surface area (Å²) in [6, 6.07) is 0. The molecule has 15 heavy (non-hydrogen) atoms. The predicted molar refractivity (Wildman–Crippen MR) is 59.1 cm³/mol. The van der Waals surface area contributed by atoms with Crippen LogP contribution in [0.15, 0.2) is 0 Å². The molecule has 0 spiro atoms. The van der Waals surface area contributed by atoms with Crippen molar-refractivity contribution in [3.8, 4) is 0 Å². The minimum atomic E-state index is 0.145. The largest absolute Gasteiger partial charge is 0.379 e. The summed E-state index contributed by atoms with van der Waals surface area (Å²) in [4.78, 5) is 2.49. The van der Waals surface area contributed by atoms with Gasteiger partial charge in [-0.1, -0.05) is 0 Å². The first-order valence-corrected chi connectivity index (χ1v) is 5.91. The lowest BCUT2D eigenvalue weighted by Gasteiger charge is -2.42. The number of morpholine rings is 1. The van der Waals surface area contributed by atoms with Crippen molar-refractivity contribution in [2.45, 2.75) is 18.4 Å². The quantitative estimate of drug-likeness (QED) is 0.703. The van der Waals surface area contributed by atoms with E-state index >= 15 is 0 Å². The summed E-state index contributed by atoms with van der Waals surface area (Å²) in [6.45, 7) is 7.22. The summed E-state index contributed by atoms with van der Waals surface area (Å²) in [5.41, 5.74) is 0.145. The molecule has 0 aromatic rings. The predicted octanol–water partition coefficient (Wildman–Crippen LogP) is 0.0872. The van der Waals surface area contributed by atoms with Gasteiger partial charge in [-0.25, -0.2) is 0 Å². The van der Waals surface area contributed by atoms with E-state index in [1.54, 1.807) is 0 Å². The Morgan fingerprint density at radius 1 is 1.33 bits per heavy atom. The van der Waals surface area contributed by atoms with Gasteiger partial charge in [0, 0.05) is 33.3 Å². The normalized spacial score (nSPS) is 26.2. The molecule has 0 saturated carbocycles. The number of rotatable bonds is 5. The van der Waals surface area contributed by atoms with Gasteiger partial charge in [0.1, 0.15) is 0 Å². The lowest BCUT2D eigenvalue weighted by Crippen LogP contribution is -2.60. The maximum Gasteiger partial charge on any atom is 0.0926 e. The third-order valence-corrected chi connectivity index (χ3v) is 3.54. The van der Waals surface area contributed by atoms with Crippen LogP contribution in [0.4, 0.5) is 0 Å². The third kappa shape index (κ3) is 2.91. The third-order valence-electron chi connectivity index (χ3n) is 3.54. The molecule has 2 fully saturated rings. The van der Waals surface area contributed by atoms with E-state index in [-0.39, 0.29) is 5.60 Å². The van der Waals surface area contributed by atoms with Gasteiger partial charge in [0.25, 0.3) is 0 Å². The van der Waals surface area contributed by atoms with Crippen molar-refractivity contribution in [3.05, 3.63) is 0 Å². The first-order chi connectivity index (χ1) is 7.35. The van der Waals surface area contributed by atoms with Crippen LogP contribution in [-0.4, -0.2) is 63.5 Å². The van der Waals surface area contributed by atoms with Crippen molar-refractivity contribution in [2.24, 2.45) is 0 Å². The molecular weight excluding hydrogens is 192 g/mol. The molecule has 4 nitrogen and oxygen atoms in total. The molecule has 0 amide bonds. The molecule has 2 heterocycles. The van der Waals surface area contributed by atoms with Gasteiger partial charge in [-0.05, 0) is 19.4 Å². The number of ether oxygens (including phenoxy) is 2. The first-order valence-electron chi connectivity index (χ1n) is 5.91. The molecule has 0 aromatic heterocycles. The van der Waals surface area contributed by atoms with Crippen LogP contribution in [0.5, 0.6) is 0 Å². The zero-order chi connectivity index (χ0) is 10.6. The van der Waals surface area contributed by atoms with Crippen LogP contribution in [0.3, 0.4) is 0 Å². The molecular formula is C11H22N2O2. The Bertz CT molecular complexity index is 184. The zero-order valence-corrected chi connectivity index (χ0v) is 9.63. The summed E-state index contributed by atoms with van der Waals surface area (Å²) >= 11 is 0. The van der Waals surface area contributed by atoms with E-state index in [1.165, 1.54) is 19.4 Å². The lowest BCUT2D eigenvalue weighted by molar-refractivity contribution is -0.0605. The number of nitrogens with zero attached hydrogens (tertiary/aromatic N) is 1. The molecule has 0 atom stereocenters. The molecule has 0 aliphatic carbocycles. The van der Waals surface area contributed by atoms with Crippen LogP contribution in [0, 0.1) is 0 Å². The Kier molecular flexibility index (Phi) is 3.97. The second-order valence-corrected chi connectivity index (χ2v) is 4.55. The average Bonchev–Trinajstić information content (AvgIpc) is 2.24. The van der Waals surface area contributed by atoms with Crippen LogP contribution in [0.25, 0.3) is 0 Å². The van der Waals surface area contributed by atoms with Crippen LogP contribution in [-0.2, 0) is 9.47 Å². The molecule has 0 aromatic carbocycles. The molecule has 4 heteroatoms. The van der Waals surface area contributed by atoms with Crippen LogP contribution >= 0.6 is 0 Å².